The SMILES string of the molecule is Cc1cccc(C(=O)OC(C)C)c1COc1ccn(C)n1. The fourth-order valence-electron chi connectivity index (χ4n) is 1.98. The van der Waals surface area contributed by atoms with E-state index in [1.807, 2.05) is 40.0 Å². The summed E-state index contributed by atoms with van der Waals surface area (Å²) in [5.74, 6) is 0.206. The molecule has 0 N–H and O–H groups in total. The molecule has 5 nitrogen and oxygen atoms in total. The summed E-state index contributed by atoms with van der Waals surface area (Å²) in [6.07, 6.45) is 1.66. The minimum atomic E-state index is -0.326. The van der Waals surface area contributed by atoms with Crippen molar-refractivity contribution in [2.45, 2.75) is 33.5 Å². The van der Waals surface area contributed by atoms with Crippen LogP contribution < -0.4 is 4.74 Å². The summed E-state index contributed by atoms with van der Waals surface area (Å²) >= 11 is 0. The number of hydrogen-bond acceptors (Lipinski definition) is 4. The van der Waals surface area contributed by atoms with Crippen molar-refractivity contribution in [3.05, 3.63) is 47.2 Å². The van der Waals surface area contributed by atoms with Crippen LogP contribution in [0, 0.1) is 6.92 Å². The highest BCUT2D eigenvalue weighted by Gasteiger charge is 2.16. The van der Waals surface area contributed by atoms with Crippen molar-refractivity contribution < 1.29 is 14.3 Å². The van der Waals surface area contributed by atoms with Crippen LogP contribution in [0.5, 0.6) is 5.88 Å². The number of benzene rings is 1. The van der Waals surface area contributed by atoms with Crippen LogP contribution in [-0.4, -0.2) is 21.9 Å². The number of aryl methyl sites for hydroxylation is 2. The average Bonchev–Trinajstić information content (AvgIpc) is 2.82. The molecule has 1 aromatic carbocycles. The van der Waals surface area contributed by atoms with Crippen molar-refractivity contribution in [1.29, 1.82) is 0 Å². The quantitative estimate of drug-likeness (QED) is 0.794. The highest BCUT2D eigenvalue weighted by molar-refractivity contribution is 5.91. The Balaban J connectivity index is 2.19. The molecule has 0 atom stereocenters. The Morgan fingerprint density at radius 1 is 1.33 bits per heavy atom. The van der Waals surface area contributed by atoms with Crippen LogP contribution in [0.4, 0.5) is 0 Å². The summed E-state index contributed by atoms with van der Waals surface area (Å²) in [6.45, 7) is 5.89. The molecule has 0 radical (unpaired) electrons. The number of ether oxygens (including phenoxy) is 2. The molecule has 5 heteroatoms. The first-order valence-corrected chi connectivity index (χ1v) is 6.89. The predicted octanol–water partition coefficient (Wildman–Crippen LogP) is 2.87. The van der Waals surface area contributed by atoms with Crippen molar-refractivity contribution in [2.75, 3.05) is 0 Å². The van der Waals surface area contributed by atoms with Crippen LogP contribution >= 0.6 is 0 Å². The van der Waals surface area contributed by atoms with Crippen molar-refractivity contribution >= 4 is 5.97 Å². The van der Waals surface area contributed by atoms with Gasteiger partial charge in [0.15, 0.2) is 0 Å². The van der Waals surface area contributed by atoms with Gasteiger partial charge in [0.05, 0.1) is 11.7 Å². The van der Waals surface area contributed by atoms with E-state index >= 15 is 0 Å². The van der Waals surface area contributed by atoms with Crippen molar-refractivity contribution in [2.24, 2.45) is 7.05 Å². The molecular weight excluding hydrogens is 268 g/mol. The zero-order valence-corrected chi connectivity index (χ0v) is 12.8. The van der Waals surface area contributed by atoms with Gasteiger partial charge in [0, 0.05) is 24.9 Å². The number of esters is 1. The van der Waals surface area contributed by atoms with E-state index in [1.165, 1.54) is 0 Å². The lowest BCUT2D eigenvalue weighted by Crippen LogP contribution is -2.15. The molecule has 0 bridgehead atoms. The predicted molar refractivity (Wildman–Crippen MR) is 79.3 cm³/mol. The molecule has 2 rings (SSSR count). The van der Waals surface area contributed by atoms with Gasteiger partial charge in [0.1, 0.15) is 6.61 Å². The van der Waals surface area contributed by atoms with Gasteiger partial charge in [0.25, 0.3) is 0 Å². The molecule has 0 aliphatic carbocycles. The van der Waals surface area contributed by atoms with E-state index in [1.54, 1.807) is 23.0 Å². The molecule has 0 amide bonds. The lowest BCUT2D eigenvalue weighted by molar-refractivity contribution is 0.0374. The molecule has 0 unspecified atom stereocenters. The Morgan fingerprint density at radius 2 is 2.10 bits per heavy atom. The third kappa shape index (κ3) is 3.84. The summed E-state index contributed by atoms with van der Waals surface area (Å²) in [7, 11) is 1.83. The van der Waals surface area contributed by atoms with Crippen LogP contribution in [0.25, 0.3) is 0 Å². The van der Waals surface area contributed by atoms with Crippen LogP contribution in [0.2, 0.25) is 0 Å². The van der Waals surface area contributed by atoms with Gasteiger partial charge in [-0.25, -0.2) is 4.79 Å². The summed E-state index contributed by atoms with van der Waals surface area (Å²) in [5, 5.41) is 4.16. The van der Waals surface area contributed by atoms with Gasteiger partial charge in [-0.1, -0.05) is 12.1 Å². The molecule has 2 aromatic rings. The molecule has 0 fully saturated rings. The highest BCUT2D eigenvalue weighted by atomic mass is 16.5. The second-order valence-electron chi connectivity index (χ2n) is 5.17. The molecule has 1 heterocycles. The molecule has 112 valence electrons. The van der Waals surface area contributed by atoms with E-state index < -0.39 is 0 Å². The molecule has 1 aromatic heterocycles. The zero-order chi connectivity index (χ0) is 15.4. The molecule has 0 aliphatic rings. The standard InChI is InChI=1S/C16H20N2O3/c1-11(2)21-16(19)13-7-5-6-12(3)14(13)10-20-15-8-9-18(4)17-15/h5-9,11H,10H2,1-4H3. The number of aromatic nitrogens is 2. The molecule has 0 saturated carbocycles. The molecule has 21 heavy (non-hydrogen) atoms. The number of nitrogens with zero attached hydrogens (tertiary/aromatic N) is 2. The van der Waals surface area contributed by atoms with E-state index in [9.17, 15) is 4.79 Å². The molecular formula is C16H20N2O3. The number of carbonyl (C=O) groups excluding carboxylic acids is 1. The van der Waals surface area contributed by atoms with Gasteiger partial charge in [-0.2, -0.15) is 0 Å². The normalized spacial score (nSPS) is 10.7. The summed E-state index contributed by atoms with van der Waals surface area (Å²) < 4.78 is 12.6. The average molecular weight is 288 g/mol. The molecule has 0 saturated heterocycles. The Labute approximate surface area is 124 Å². The first-order valence-electron chi connectivity index (χ1n) is 6.89. The maximum atomic E-state index is 12.1. The van der Waals surface area contributed by atoms with E-state index in [-0.39, 0.29) is 18.7 Å². The van der Waals surface area contributed by atoms with Crippen molar-refractivity contribution in [3.63, 3.8) is 0 Å². The van der Waals surface area contributed by atoms with Gasteiger partial charge < -0.3 is 9.47 Å². The monoisotopic (exact) mass is 288 g/mol. The summed E-state index contributed by atoms with van der Waals surface area (Å²) in [4.78, 5) is 12.1. The van der Waals surface area contributed by atoms with E-state index in [0.29, 0.717) is 11.4 Å². The highest BCUT2D eigenvalue weighted by Crippen LogP contribution is 2.18. The topological polar surface area (TPSA) is 53.4 Å². The van der Waals surface area contributed by atoms with Crippen LogP contribution in [0.15, 0.2) is 30.5 Å². The van der Waals surface area contributed by atoms with Gasteiger partial charge in [0.2, 0.25) is 5.88 Å². The third-order valence-corrected chi connectivity index (χ3v) is 3.03. The Bertz CT molecular complexity index is 632. The maximum Gasteiger partial charge on any atom is 0.338 e. The fourth-order valence-corrected chi connectivity index (χ4v) is 1.98. The summed E-state index contributed by atoms with van der Waals surface area (Å²) in [5.41, 5.74) is 2.36. The smallest absolute Gasteiger partial charge is 0.338 e. The first-order chi connectivity index (χ1) is 9.97. The second-order valence-corrected chi connectivity index (χ2v) is 5.17. The van der Waals surface area contributed by atoms with Crippen molar-refractivity contribution in [3.8, 4) is 5.88 Å². The number of hydrogen-bond donors (Lipinski definition) is 0. The van der Waals surface area contributed by atoms with E-state index in [2.05, 4.69) is 5.10 Å². The Kier molecular flexibility index (Phi) is 4.62. The molecule has 0 spiro atoms. The van der Waals surface area contributed by atoms with Gasteiger partial charge >= 0.3 is 5.97 Å². The fraction of sp³-hybridized carbons (Fsp3) is 0.375. The van der Waals surface area contributed by atoms with Crippen molar-refractivity contribution in [1.82, 2.24) is 9.78 Å². The maximum absolute atomic E-state index is 12.1. The second kappa shape index (κ2) is 6.43. The number of rotatable bonds is 5. The Hall–Kier alpha value is -2.30. The van der Waals surface area contributed by atoms with Gasteiger partial charge in [-0.15, -0.1) is 5.10 Å². The minimum Gasteiger partial charge on any atom is -0.472 e. The summed E-state index contributed by atoms with van der Waals surface area (Å²) in [6, 6.07) is 7.33. The van der Waals surface area contributed by atoms with Crippen LogP contribution in [0.1, 0.15) is 35.3 Å². The van der Waals surface area contributed by atoms with E-state index in [4.69, 9.17) is 9.47 Å². The minimum absolute atomic E-state index is 0.150. The van der Waals surface area contributed by atoms with Gasteiger partial charge in [-0.3, -0.25) is 4.68 Å². The van der Waals surface area contributed by atoms with Crippen LogP contribution in [0.3, 0.4) is 0 Å². The third-order valence-electron chi connectivity index (χ3n) is 3.03. The number of carbonyl (C=O) groups is 1. The lowest BCUT2D eigenvalue weighted by atomic mass is 10.0. The Morgan fingerprint density at radius 3 is 2.71 bits per heavy atom. The zero-order valence-electron chi connectivity index (χ0n) is 12.8. The largest absolute Gasteiger partial charge is 0.472 e. The van der Waals surface area contributed by atoms with Crippen LogP contribution in [-0.2, 0) is 18.4 Å². The lowest BCUT2D eigenvalue weighted by Gasteiger charge is -2.14. The molecule has 0 aliphatic heterocycles. The first kappa shape index (κ1) is 15.1. The van der Waals surface area contributed by atoms with E-state index in [0.717, 1.165) is 11.1 Å². The van der Waals surface area contributed by atoms with Gasteiger partial charge in [-0.05, 0) is 32.4 Å².